The summed E-state index contributed by atoms with van der Waals surface area (Å²) in [6.45, 7) is 10.7. The van der Waals surface area contributed by atoms with Gasteiger partial charge in [0.05, 0.1) is 5.56 Å². The number of carboxylic acids is 1. The van der Waals surface area contributed by atoms with Crippen molar-refractivity contribution in [2.45, 2.75) is 52.6 Å². The van der Waals surface area contributed by atoms with Crippen LogP contribution in [0.4, 0.5) is 4.79 Å². The van der Waals surface area contributed by atoms with Gasteiger partial charge in [-0.2, -0.15) is 0 Å². The summed E-state index contributed by atoms with van der Waals surface area (Å²) in [7, 11) is 0. The third-order valence-corrected chi connectivity index (χ3v) is 3.44. The smallest absolute Gasteiger partial charge is 0.410 e. The van der Waals surface area contributed by atoms with Crippen molar-refractivity contribution in [3.63, 3.8) is 0 Å². The molecule has 1 heterocycles. The third-order valence-electron chi connectivity index (χ3n) is 3.44. The van der Waals surface area contributed by atoms with E-state index in [-0.39, 0.29) is 17.6 Å². The van der Waals surface area contributed by atoms with E-state index in [2.05, 4.69) is 0 Å². The minimum Gasteiger partial charge on any atom is -0.478 e. The maximum Gasteiger partial charge on any atom is 0.410 e. The number of hydrogen-bond acceptors (Lipinski definition) is 3. The summed E-state index contributed by atoms with van der Waals surface area (Å²) in [5, 5.41) is 9.04. The standard InChI is InChI=1S/C16H21NO4.C2H6/c1-16(2,3)21-15(20)17-8-7-13(10-17)11-5-4-6-12(9-11)14(18)19;1-2/h4-6,9,13H,7-8,10H2,1-3H3,(H,18,19);1-2H3. The first-order valence-electron chi connectivity index (χ1n) is 8.07. The number of carbonyl (C=O) groups is 2. The predicted molar refractivity (Wildman–Crippen MR) is 89.9 cm³/mol. The van der Waals surface area contributed by atoms with Gasteiger partial charge >= 0.3 is 12.1 Å². The Morgan fingerprint density at radius 1 is 1.26 bits per heavy atom. The Kier molecular flexibility index (Phi) is 6.61. The molecule has 2 rings (SSSR count). The van der Waals surface area contributed by atoms with Crippen LogP contribution in [0.5, 0.6) is 0 Å². The van der Waals surface area contributed by atoms with Crippen LogP contribution in [0.1, 0.15) is 62.9 Å². The Hall–Kier alpha value is -2.04. The van der Waals surface area contributed by atoms with Crippen molar-refractivity contribution >= 4 is 12.1 Å². The molecule has 0 bridgehead atoms. The molecule has 0 radical (unpaired) electrons. The molecular weight excluding hydrogens is 294 g/mol. The highest BCUT2D eigenvalue weighted by atomic mass is 16.6. The van der Waals surface area contributed by atoms with Gasteiger partial charge < -0.3 is 14.7 Å². The summed E-state index contributed by atoms with van der Waals surface area (Å²) in [6.07, 6.45) is 0.516. The first kappa shape index (κ1) is 19.0. The average molecular weight is 321 g/mol. The Morgan fingerprint density at radius 2 is 1.91 bits per heavy atom. The highest BCUT2D eigenvalue weighted by molar-refractivity contribution is 5.87. The number of carbonyl (C=O) groups excluding carboxylic acids is 1. The van der Waals surface area contributed by atoms with E-state index in [1.807, 2.05) is 40.7 Å². The fraction of sp³-hybridized carbons (Fsp3) is 0.556. The zero-order chi connectivity index (χ0) is 17.6. The molecule has 0 aliphatic carbocycles. The summed E-state index contributed by atoms with van der Waals surface area (Å²) in [5.41, 5.74) is 0.738. The molecule has 5 nitrogen and oxygen atoms in total. The number of carboxylic acid groups (broad SMARTS) is 1. The van der Waals surface area contributed by atoms with Gasteiger partial charge in [-0.1, -0.05) is 26.0 Å². The van der Waals surface area contributed by atoms with Crippen LogP contribution >= 0.6 is 0 Å². The van der Waals surface area contributed by atoms with Crippen LogP contribution < -0.4 is 0 Å². The summed E-state index contributed by atoms with van der Waals surface area (Å²) in [5.74, 6) is -0.768. The van der Waals surface area contributed by atoms with Gasteiger partial charge in [-0.3, -0.25) is 0 Å². The van der Waals surface area contributed by atoms with Gasteiger partial charge in [-0.05, 0) is 44.9 Å². The van der Waals surface area contributed by atoms with E-state index >= 15 is 0 Å². The van der Waals surface area contributed by atoms with Gasteiger partial charge in [0.25, 0.3) is 0 Å². The molecule has 23 heavy (non-hydrogen) atoms. The van der Waals surface area contributed by atoms with E-state index in [0.29, 0.717) is 13.1 Å². The van der Waals surface area contributed by atoms with E-state index < -0.39 is 11.6 Å². The Labute approximate surface area is 138 Å². The third kappa shape index (κ3) is 5.58. The quantitative estimate of drug-likeness (QED) is 0.889. The molecule has 0 aromatic heterocycles. The van der Waals surface area contributed by atoms with Gasteiger partial charge in [0.15, 0.2) is 0 Å². The molecule has 1 fully saturated rings. The lowest BCUT2D eigenvalue weighted by atomic mass is 9.97. The van der Waals surface area contributed by atoms with Gasteiger partial charge in [-0.15, -0.1) is 0 Å². The van der Waals surface area contributed by atoms with Crippen LogP contribution in [0.25, 0.3) is 0 Å². The predicted octanol–water partition coefficient (Wildman–Crippen LogP) is 4.14. The van der Waals surface area contributed by atoms with Crippen molar-refractivity contribution in [2.75, 3.05) is 13.1 Å². The monoisotopic (exact) mass is 321 g/mol. The molecule has 1 aromatic rings. The number of ether oxygens (including phenoxy) is 1. The highest BCUT2D eigenvalue weighted by Gasteiger charge is 2.30. The second kappa shape index (κ2) is 7.99. The van der Waals surface area contributed by atoms with Crippen LogP contribution in [0.15, 0.2) is 24.3 Å². The van der Waals surface area contributed by atoms with Crippen molar-refractivity contribution in [2.24, 2.45) is 0 Å². The number of hydrogen-bond donors (Lipinski definition) is 1. The first-order chi connectivity index (χ1) is 10.8. The zero-order valence-corrected chi connectivity index (χ0v) is 14.6. The number of aromatic carboxylic acids is 1. The maximum atomic E-state index is 12.0. The van der Waals surface area contributed by atoms with Gasteiger partial charge in [0.2, 0.25) is 0 Å². The van der Waals surface area contributed by atoms with Crippen molar-refractivity contribution in [1.82, 2.24) is 4.90 Å². The molecule has 1 aromatic carbocycles. The minimum absolute atomic E-state index is 0.164. The molecule has 1 atom stereocenters. The summed E-state index contributed by atoms with van der Waals surface area (Å²) < 4.78 is 5.36. The molecule has 1 aliphatic rings. The summed E-state index contributed by atoms with van der Waals surface area (Å²) in [4.78, 5) is 24.7. The molecule has 1 aliphatic heterocycles. The van der Waals surface area contributed by atoms with Crippen LogP contribution in [0.2, 0.25) is 0 Å². The number of amides is 1. The lowest BCUT2D eigenvalue weighted by molar-refractivity contribution is 0.0292. The Morgan fingerprint density at radius 3 is 2.48 bits per heavy atom. The highest BCUT2D eigenvalue weighted by Crippen LogP contribution is 2.28. The van der Waals surface area contributed by atoms with E-state index in [4.69, 9.17) is 9.84 Å². The Balaban J connectivity index is 0.00000127. The average Bonchev–Trinajstić information content (AvgIpc) is 2.98. The van der Waals surface area contributed by atoms with Gasteiger partial charge in [0.1, 0.15) is 5.60 Å². The van der Waals surface area contributed by atoms with E-state index in [1.165, 1.54) is 0 Å². The molecule has 128 valence electrons. The summed E-state index contributed by atoms with van der Waals surface area (Å²) >= 11 is 0. The molecule has 1 unspecified atom stereocenters. The fourth-order valence-corrected chi connectivity index (χ4v) is 2.45. The fourth-order valence-electron chi connectivity index (χ4n) is 2.45. The number of likely N-dealkylation sites (tertiary alicyclic amines) is 1. The van der Waals surface area contributed by atoms with Crippen molar-refractivity contribution < 1.29 is 19.4 Å². The number of rotatable bonds is 2. The summed E-state index contributed by atoms with van der Waals surface area (Å²) in [6, 6.07) is 6.92. The van der Waals surface area contributed by atoms with Crippen LogP contribution in [0.3, 0.4) is 0 Å². The maximum absolute atomic E-state index is 12.0. The van der Waals surface area contributed by atoms with E-state index in [1.54, 1.807) is 23.1 Å². The number of nitrogens with zero attached hydrogens (tertiary/aromatic N) is 1. The van der Waals surface area contributed by atoms with Crippen molar-refractivity contribution in [3.05, 3.63) is 35.4 Å². The van der Waals surface area contributed by atoms with Crippen LogP contribution in [-0.2, 0) is 4.74 Å². The normalized spacial score (nSPS) is 17.3. The molecule has 1 amide bonds. The molecule has 1 saturated heterocycles. The second-order valence-corrected chi connectivity index (χ2v) is 6.34. The lowest BCUT2D eigenvalue weighted by Crippen LogP contribution is -2.35. The molecule has 5 heteroatoms. The largest absolute Gasteiger partial charge is 0.478 e. The first-order valence-corrected chi connectivity index (χ1v) is 8.07. The lowest BCUT2D eigenvalue weighted by Gasteiger charge is -2.24. The molecular formula is C18H27NO4. The SMILES string of the molecule is CC.CC(C)(C)OC(=O)N1CCC(c2cccc(C(=O)O)c2)C1. The van der Waals surface area contributed by atoms with E-state index in [0.717, 1.165) is 12.0 Å². The second-order valence-electron chi connectivity index (χ2n) is 6.34. The number of benzene rings is 1. The molecule has 1 N–H and O–H groups in total. The minimum atomic E-state index is -0.932. The van der Waals surface area contributed by atoms with Gasteiger partial charge in [0, 0.05) is 19.0 Å². The zero-order valence-electron chi connectivity index (χ0n) is 14.6. The van der Waals surface area contributed by atoms with Crippen LogP contribution in [0, 0.1) is 0 Å². The van der Waals surface area contributed by atoms with Gasteiger partial charge in [-0.25, -0.2) is 9.59 Å². The Bertz CT molecular complexity index is 548. The van der Waals surface area contributed by atoms with Crippen molar-refractivity contribution in [3.8, 4) is 0 Å². The van der Waals surface area contributed by atoms with Crippen molar-refractivity contribution in [1.29, 1.82) is 0 Å². The van der Waals surface area contributed by atoms with E-state index in [9.17, 15) is 9.59 Å². The topological polar surface area (TPSA) is 66.8 Å². The van der Waals surface area contributed by atoms with Crippen LogP contribution in [-0.4, -0.2) is 40.8 Å². The molecule has 0 saturated carbocycles. The molecule has 0 spiro atoms.